The Bertz CT molecular complexity index is 758. The Morgan fingerprint density at radius 3 is 2.62 bits per heavy atom. The van der Waals surface area contributed by atoms with Gasteiger partial charge in [0.25, 0.3) is 0 Å². The summed E-state index contributed by atoms with van der Waals surface area (Å²) in [5.74, 6) is 0.768. The average molecular weight is 339 g/mol. The third-order valence-electron chi connectivity index (χ3n) is 3.51. The van der Waals surface area contributed by atoms with E-state index in [0.29, 0.717) is 11.6 Å². The van der Waals surface area contributed by atoms with E-state index in [1.165, 1.54) is 11.8 Å². The van der Waals surface area contributed by atoms with E-state index in [1.807, 2.05) is 54.6 Å². The van der Waals surface area contributed by atoms with Crippen LogP contribution in [0.2, 0.25) is 0 Å². The van der Waals surface area contributed by atoms with Gasteiger partial charge in [0.1, 0.15) is 5.75 Å². The van der Waals surface area contributed by atoms with E-state index in [1.54, 1.807) is 13.3 Å². The van der Waals surface area contributed by atoms with Gasteiger partial charge in [-0.3, -0.25) is 4.79 Å². The highest BCUT2D eigenvalue weighted by Crippen LogP contribution is 2.24. The molecule has 6 heteroatoms. The molecule has 0 aliphatic carbocycles. The van der Waals surface area contributed by atoms with Crippen molar-refractivity contribution in [1.82, 2.24) is 5.32 Å². The van der Waals surface area contributed by atoms with E-state index in [9.17, 15) is 4.79 Å². The van der Waals surface area contributed by atoms with Crippen LogP contribution in [0.5, 0.6) is 5.75 Å². The van der Waals surface area contributed by atoms with E-state index in [2.05, 4.69) is 15.5 Å². The van der Waals surface area contributed by atoms with Gasteiger partial charge in [-0.15, -0.1) is 5.10 Å². The molecule has 1 heterocycles. The second-order valence-corrected chi connectivity index (χ2v) is 6.40. The van der Waals surface area contributed by atoms with E-state index < -0.39 is 0 Å². The fourth-order valence-corrected chi connectivity index (χ4v) is 3.21. The molecule has 0 saturated carbocycles. The van der Waals surface area contributed by atoms with Crippen LogP contribution in [0, 0.1) is 0 Å². The molecule has 1 aliphatic heterocycles. The quantitative estimate of drug-likeness (QED) is 0.673. The van der Waals surface area contributed by atoms with Gasteiger partial charge < -0.3 is 10.1 Å². The summed E-state index contributed by atoms with van der Waals surface area (Å²) in [7, 11) is 1.63. The number of nitrogens with zero attached hydrogens (tertiary/aromatic N) is 2. The number of methoxy groups -OCH3 is 1. The zero-order valence-corrected chi connectivity index (χ0v) is 14.0. The lowest BCUT2D eigenvalue weighted by Gasteiger charge is -2.06. The molecular formula is C18H17N3O2S. The molecule has 1 fully saturated rings. The number of carbonyl (C=O) groups is 1. The second-order valence-electron chi connectivity index (χ2n) is 5.21. The topological polar surface area (TPSA) is 63.1 Å². The minimum Gasteiger partial charge on any atom is -0.497 e. The number of amidine groups is 1. The molecule has 1 saturated heterocycles. The van der Waals surface area contributed by atoms with Crippen LogP contribution in [0.25, 0.3) is 0 Å². The van der Waals surface area contributed by atoms with Gasteiger partial charge in [0.15, 0.2) is 5.17 Å². The van der Waals surface area contributed by atoms with Crippen LogP contribution in [-0.4, -0.2) is 29.6 Å². The summed E-state index contributed by atoms with van der Waals surface area (Å²) in [6, 6.07) is 17.4. The third kappa shape index (κ3) is 4.23. The number of hydrogen-bond acceptors (Lipinski definition) is 5. The van der Waals surface area contributed by atoms with Crippen molar-refractivity contribution in [3.8, 4) is 5.75 Å². The minimum absolute atomic E-state index is 0.0375. The molecule has 0 radical (unpaired) electrons. The molecule has 0 spiro atoms. The predicted octanol–water partition coefficient (Wildman–Crippen LogP) is 2.86. The Kier molecular flexibility index (Phi) is 5.28. The number of amides is 1. The molecule has 0 aromatic heterocycles. The zero-order valence-electron chi connectivity index (χ0n) is 13.2. The first kappa shape index (κ1) is 16.3. The number of nitrogens with one attached hydrogen (secondary N) is 1. The summed E-state index contributed by atoms with van der Waals surface area (Å²) in [6.07, 6.45) is 2.30. The van der Waals surface area contributed by atoms with Gasteiger partial charge in [0, 0.05) is 0 Å². The highest BCUT2D eigenvalue weighted by Gasteiger charge is 2.30. The van der Waals surface area contributed by atoms with E-state index >= 15 is 0 Å². The summed E-state index contributed by atoms with van der Waals surface area (Å²) < 4.78 is 5.14. The van der Waals surface area contributed by atoms with Gasteiger partial charge >= 0.3 is 0 Å². The molecule has 1 amide bonds. The fourth-order valence-electron chi connectivity index (χ4n) is 2.25. The van der Waals surface area contributed by atoms with E-state index in [0.717, 1.165) is 16.9 Å². The lowest BCUT2D eigenvalue weighted by Crippen LogP contribution is -2.25. The van der Waals surface area contributed by atoms with Gasteiger partial charge in [0.2, 0.25) is 5.91 Å². The number of ether oxygens (including phenoxy) is 1. The predicted molar refractivity (Wildman–Crippen MR) is 97.7 cm³/mol. The average Bonchev–Trinajstić information content (AvgIpc) is 2.96. The standard InChI is InChI=1S/C18H17N3O2S/c1-23-15-9-7-13(8-10-15)11-16-17(22)20-18(24-16)21-19-12-14-5-3-2-4-6-14/h2-10,12,16H,11H2,1H3,(H,20,21,22)/b19-12+. The molecule has 3 rings (SSSR count). The Hall–Kier alpha value is -2.60. The van der Waals surface area contributed by atoms with Gasteiger partial charge in [-0.2, -0.15) is 5.10 Å². The van der Waals surface area contributed by atoms with Crippen molar-refractivity contribution in [3.05, 3.63) is 65.7 Å². The van der Waals surface area contributed by atoms with Gasteiger partial charge in [-0.1, -0.05) is 54.2 Å². The van der Waals surface area contributed by atoms with E-state index in [4.69, 9.17) is 4.74 Å². The highest BCUT2D eigenvalue weighted by atomic mass is 32.2. The first-order valence-corrected chi connectivity index (χ1v) is 8.39. The largest absolute Gasteiger partial charge is 0.497 e. The SMILES string of the molecule is COc1ccc(CC2S/C(=N/N=C/c3ccccc3)NC2=O)cc1. The molecule has 2 aromatic rings. The van der Waals surface area contributed by atoms with Crippen LogP contribution >= 0.6 is 11.8 Å². The van der Waals surface area contributed by atoms with Crippen molar-refractivity contribution >= 4 is 29.1 Å². The second kappa shape index (κ2) is 7.79. The number of carbonyl (C=O) groups excluding carboxylic acids is 1. The molecule has 1 N–H and O–H groups in total. The molecule has 5 nitrogen and oxygen atoms in total. The molecule has 122 valence electrons. The fraction of sp³-hybridized carbons (Fsp3) is 0.167. The van der Waals surface area contributed by atoms with Crippen molar-refractivity contribution in [2.24, 2.45) is 10.2 Å². The zero-order chi connectivity index (χ0) is 16.8. The summed E-state index contributed by atoms with van der Waals surface area (Å²) in [5, 5.41) is 11.2. The Morgan fingerprint density at radius 1 is 1.17 bits per heavy atom. The van der Waals surface area contributed by atoms with Crippen LogP contribution in [0.15, 0.2) is 64.8 Å². The monoisotopic (exact) mass is 339 g/mol. The van der Waals surface area contributed by atoms with Gasteiger partial charge in [-0.25, -0.2) is 0 Å². The minimum atomic E-state index is -0.191. The first-order chi connectivity index (χ1) is 11.7. The van der Waals surface area contributed by atoms with Gasteiger partial charge in [0.05, 0.1) is 18.6 Å². The lowest BCUT2D eigenvalue weighted by molar-refractivity contribution is -0.118. The lowest BCUT2D eigenvalue weighted by atomic mass is 10.1. The normalized spacial score (nSPS) is 19.0. The molecule has 1 unspecified atom stereocenters. The van der Waals surface area contributed by atoms with Crippen molar-refractivity contribution in [3.63, 3.8) is 0 Å². The van der Waals surface area contributed by atoms with Crippen molar-refractivity contribution in [2.75, 3.05) is 7.11 Å². The molecule has 2 aromatic carbocycles. The molecule has 24 heavy (non-hydrogen) atoms. The van der Waals surface area contributed by atoms with Crippen LogP contribution in [-0.2, 0) is 11.2 Å². The van der Waals surface area contributed by atoms with Crippen molar-refractivity contribution in [2.45, 2.75) is 11.7 Å². The van der Waals surface area contributed by atoms with Crippen LogP contribution in [0.3, 0.4) is 0 Å². The summed E-state index contributed by atoms with van der Waals surface area (Å²) in [5.41, 5.74) is 2.04. The molecule has 1 aliphatic rings. The third-order valence-corrected chi connectivity index (χ3v) is 4.58. The Balaban J connectivity index is 1.60. The maximum absolute atomic E-state index is 12.1. The van der Waals surface area contributed by atoms with Crippen molar-refractivity contribution < 1.29 is 9.53 Å². The maximum atomic E-state index is 12.1. The van der Waals surface area contributed by atoms with Crippen LogP contribution in [0.4, 0.5) is 0 Å². The Morgan fingerprint density at radius 2 is 1.92 bits per heavy atom. The first-order valence-electron chi connectivity index (χ1n) is 7.51. The highest BCUT2D eigenvalue weighted by molar-refractivity contribution is 8.15. The maximum Gasteiger partial charge on any atom is 0.239 e. The number of rotatable bonds is 5. The molecule has 0 bridgehead atoms. The number of thioether (sulfide) groups is 1. The van der Waals surface area contributed by atoms with E-state index in [-0.39, 0.29) is 11.2 Å². The summed E-state index contributed by atoms with van der Waals surface area (Å²) >= 11 is 1.40. The molecular weight excluding hydrogens is 322 g/mol. The summed E-state index contributed by atoms with van der Waals surface area (Å²) in [6.45, 7) is 0. The van der Waals surface area contributed by atoms with Crippen LogP contribution in [0.1, 0.15) is 11.1 Å². The number of hydrogen-bond donors (Lipinski definition) is 1. The Labute approximate surface area is 144 Å². The molecule has 1 atom stereocenters. The summed E-state index contributed by atoms with van der Waals surface area (Å²) in [4.78, 5) is 12.1. The van der Waals surface area contributed by atoms with Crippen molar-refractivity contribution in [1.29, 1.82) is 0 Å². The smallest absolute Gasteiger partial charge is 0.239 e. The van der Waals surface area contributed by atoms with Crippen LogP contribution < -0.4 is 10.1 Å². The number of benzene rings is 2. The van der Waals surface area contributed by atoms with Gasteiger partial charge in [-0.05, 0) is 29.7 Å².